The van der Waals surface area contributed by atoms with Gasteiger partial charge in [-0.15, -0.1) is 0 Å². The molecule has 0 heterocycles. The highest BCUT2D eigenvalue weighted by molar-refractivity contribution is 5.83. The Morgan fingerprint density at radius 1 is 1.28 bits per heavy atom. The van der Waals surface area contributed by atoms with E-state index in [1.165, 1.54) is 0 Å². The van der Waals surface area contributed by atoms with Gasteiger partial charge in [-0.1, -0.05) is 19.8 Å². The summed E-state index contributed by atoms with van der Waals surface area (Å²) in [5, 5.41) is 9.82. The van der Waals surface area contributed by atoms with E-state index in [-0.39, 0.29) is 11.8 Å². The Morgan fingerprint density at radius 3 is 2.00 bits per heavy atom. The molecule has 0 atom stereocenters. The summed E-state index contributed by atoms with van der Waals surface area (Å²) in [6.07, 6.45) is 7.61. The van der Waals surface area contributed by atoms with Crippen LogP contribution in [0, 0.1) is 11.8 Å². The fourth-order valence-electron chi connectivity index (χ4n) is 3.54. The van der Waals surface area contributed by atoms with Crippen LogP contribution in [-0.4, -0.2) is 34.5 Å². The van der Waals surface area contributed by atoms with Crippen LogP contribution >= 0.6 is 0 Å². The van der Waals surface area contributed by atoms with Crippen LogP contribution < -0.4 is 0 Å². The highest BCUT2D eigenvalue weighted by Gasteiger charge is 2.58. The van der Waals surface area contributed by atoms with Crippen molar-refractivity contribution in [1.29, 1.82) is 0 Å². The molecule has 4 heteroatoms. The van der Waals surface area contributed by atoms with E-state index in [0.717, 1.165) is 51.4 Å². The van der Waals surface area contributed by atoms with Crippen molar-refractivity contribution in [2.45, 2.75) is 57.4 Å². The van der Waals surface area contributed by atoms with Gasteiger partial charge < -0.3 is 10.0 Å². The number of carbonyl (C=O) groups is 2. The van der Waals surface area contributed by atoms with Gasteiger partial charge >= 0.3 is 5.97 Å². The number of carboxylic acids is 1. The maximum Gasteiger partial charge on any atom is 0.330 e. The van der Waals surface area contributed by atoms with Gasteiger partial charge in [0.05, 0.1) is 0 Å². The Labute approximate surface area is 108 Å². The van der Waals surface area contributed by atoms with Crippen molar-refractivity contribution in [2.75, 3.05) is 6.54 Å². The van der Waals surface area contributed by atoms with Crippen molar-refractivity contribution in [3.05, 3.63) is 0 Å². The molecule has 0 unspecified atom stereocenters. The number of amides is 1. The molecule has 2 saturated carbocycles. The van der Waals surface area contributed by atoms with Gasteiger partial charge in [-0.05, 0) is 43.9 Å². The summed E-state index contributed by atoms with van der Waals surface area (Å²) >= 11 is 0. The fourth-order valence-corrected chi connectivity index (χ4v) is 3.54. The van der Waals surface area contributed by atoms with Crippen LogP contribution in [-0.2, 0) is 9.59 Å². The SMILES string of the molecule is CCCN(C=O)C(C(=O)O)(C1CCC1)C1CCC1. The van der Waals surface area contributed by atoms with Crippen molar-refractivity contribution >= 4 is 12.4 Å². The molecule has 2 fully saturated rings. The third-order valence-corrected chi connectivity index (χ3v) is 4.86. The van der Waals surface area contributed by atoms with Gasteiger partial charge in [-0.3, -0.25) is 4.79 Å². The number of carbonyl (C=O) groups excluding carboxylic acids is 1. The van der Waals surface area contributed by atoms with E-state index in [2.05, 4.69) is 0 Å². The first-order valence-corrected chi connectivity index (χ1v) is 7.13. The van der Waals surface area contributed by atoms with Gasteiger partial charge in [-0.25, -0.2) is 4.79 Å². The van der Waals surface area contributed by atoms with Crippen molar-refractivity contribution < 1.29 is 14.7 Å². The maximum atomic E-state index is 12.0. The lowest BCUT2D eigenvalue weighted by molar-refractivity contribution is -0.173. The van der Waals surface area contributed by atoms with Crippen molar-refractivity contribution in [2.24, 2.45) is 11.8 Å². The monoisotopic (exact) mass is 253 g/mol. The number of hydrogen-bond acceptors (Lipinski definition) is 2. The molecule has 1 N–H and O–H groups in total. The third kappa shape index (κ3) is 1.82. The minimum atomic E-state index is -0.908. The van der Waals surface area contributed by atoms with E-state index in [1.807, 2.05) is 6.92 Å². The normalized spacial score (nSPS) is 20.9. The molecule has 0 aromatic rings. The van der Waals surface area contributed by atoms with Crippen LogP contribution in [0.3, 0.4) is 0 Å². The van der Waals surface area contributed by atoms with E-state index in [1.54, 1.807) is 4.90 Å². The lowest BCUT2D eigenvalue weighted by Crippen LogP contribution is -2.66. The summed E-state index contributed by atoms with van der Waals surface area (Å²) in [4.78, 5) is 25.0. The van der Waals surface area contributed by atoms with Crippen molar-refractivity contribution in [3.63, 3.8) is 0 Å². The average molecular weight is 253 g/mol. The molecule has 0 radical (unpaired) electrons. The molecule has 0 aliphatic heterocycles. The molecule has 2 rings (SSSR count). The topological polar surface area (TPSA) is 57.6 Å². The zero-order valence-corrected chi connectivity index (χ0v) is 11.1. The Balaban J connectivity index is 2.33. The third-order valence-electron chi connectivity index (χ3n) is 4.86. The first-order chi connectivity index (χ1) is 8.67. The average Bonchev–Trinajstić information content (AvgIpc) is 2.19. The number of carboxylic acid groups (broad SMARTS) is 1. The molecule has 102 valence electrons. The smallest absolute Gasteiger partial charge is 0.330 e. The van der Waals surface area contributed by atoms with Crippen LogP contribution in [0.1, 0.15) is 51.9 Å². The summed E-state index contributed by atoms with van der Waals surface area (Å²) in [6.45, 7) is 2.55. The van der Waals surface area contributed by atoms with Gasteiger partial charge in [-0.2, -0.15) is 0 Å². The molecular formula is C14H23NO3. The minimum absolute atomic E-state index is 0.164. The predicted octanol–water partition coefficient (Wildman–Crippen LogP) is 2.28. The molecule has 0 bridgehead atoms. The molecule has 2 aliphatic carbocycles. The second-order valence-corrected chi connectivity index (χ2v) is 5.68. The van der Waals surface area contributed by atoms with Gasteiger partial charge in [0.2, 0.25) is 6.41 Å². The maximum absolute atomic E-state index is 12.0. The lowest BCUT2D eigenvalue weighted by Gasteiger charge is -2.54. The van der Waals surface area contributed by atoms with Crippen molar-refractivity contribution in [3.8, 4) is 0 Å². The Hall–Kier alpha value is -1.06. The Morgan fingerprint density at radius 2 is 1.78 bits per heavy atom. The fraction of sp³-hybridized carbons (Fsp3) is 0.857. The van der Waals surface area contributed by atoms with Gasteiger partial charge in [0.25, 0.3) is 0 Å². The molecule has 18 heavy (non-hydrogen) atoms. The Bertz CT molecular complexity index is 307. The Kier molecular flexibility index (Phi) is 3.93. The van der Waals surface area contributed by atoms with E-state index in [4.69, 9.17) is 0 Å². The predicted molar refractivity (Wildman–Crippen MR) is 68.1 cm³/mol. The number of rotatable bonds is 7. The van der Waals surface area contributed by atoms with Gasteiger partial charge in [0, 0.05) is 6.54 Å². The molecule has 0 saturated heterocycles. The highest BCUT2D eigenvalue weighted by Crippen LogP contribution is 2.50. The molecule has 2 aliphatic rings. The minimum Gasteiger partial charge on any atom is -0.479 e. The van der Waals surface area contributed by atoms with Gasteiger partial charge in [0.15, 0.2) is 0 Å². The molecule has 0 aromatic heterocycles. The number of hydrogen-bond donors (Lipinski definition) is 1. The van der Waals surface area contributed by atoms with E-state index < -0.39 is 11.5 Å². The zero-order valence-electron chi connectivity index (χ0n) is 11.1. The molecule has 0 spiro atoms. The summed E-state index contributed by atoms with van der Waals surface area (Å²) in [5.74, 6) is -0.452. The van der Waals surface area contributed by atoms with E-state index in [0.29, 0.717) is 6.54 Å². The van der Waals surface area contributed by atoms with Crippen LogP contribution in [0.25, 0.3) is 0 Å². The van der Waals surface area contributed by atoms with E-state index >= 15 is 0 Å². The second-order valence-electron chi connectivity index (χ2n) is 5.68. The summed E-state index contributed by atoms with van der Waals surface area (Å²) in [7, 11) is 0. The standard InChI is InChI=1S/C14H23NO3/c1-2-9-15(10-16)14(13(17)18,11-5-3-6-11)12-7-4-8-12/h10-12H,2-9H2,1H3,(H,17,18). The summed E-state index contributed by atoms with van der Waals surface area (Å²) < 4.78 is 0. The van der Waals surface area contributed by atoms with Gasteiger partial charge in [0.1, 0.15) is 5.54 Å². The molecule has 1 amide bonds. The van der Waals surface area contributed by atoms with Crippen LogP contribution in [0.15, 0.2) is 0 Å². The largest absolute Gasteiger partial charge is 0.479 e. The van der Waals surface area contributed by atoms with Crippen molar-refractivity contribution in [1.82, 2.24) is 4.90 Å². The number of nitrogens with zero attached hydrogens (tertiary/aromatic N) is 1. The van der Waals surface area contributed by atoms with Crippen LogP contribution in [0.2, 0.25) is 0 Å². The van der Waals surface area contributed by atoms with Crippen LogP contribution in [0.4, 0.5) is 0 Å². The van der Waals surface area contributed by atoms with Crippen LogP contribution in [0.5, 0.6) is 0 Å². The second kappa shape index (κ2) is 5.29. The first-order valence-electron chi connectivity index (χ1n) is 7.13. The lowest BCUT2D eigenvalue weighted by atomic mass is 9.58. The zero-order chi connectivity index (χ0) is 13.2. The summed E-state index contributed by atoms with van der Waals surface area (Å²) in [6, 6.07) is 0. The quantitative estimate of drug-likeness (QED) is 0.708. The molecule has 4 nitrogen and oxygen atoms in total. The highest BCUT2D eigenvalue weighted by atomic mass is 16.4. The number of aliphatic carboxylic acids is 1. The molecular weight excluding hydrogens is 230 g/mol. The summed E-state index contributed by atoms with van der Waals surface area (Å²) in [5.41, 5.74) is -0.908. The first kappa shape index (κ1) is 13.4. The molecule has 0 aromatic carbocycles. The van der Waals surface area contributed by atoms with E-state index in [9.17, 15) is 14.7 Å².